The van der Waals surface area contributed by atoms with Gasteiger partial charge in [-0.1, -0.05) is 0 Å². The highest BCUT2D eigenvalue weighted by Crippen LogP contribution is 2.48. The van der Waals surface area contributed by atoms with Gasteiger partial charge < -0.3 is 28.8 Å². The number of hydrogen-bond donors (Lipinski definition) is 1. The van der Waals surface area contributed by atoms with E-state index in [-0.39, 0.29) is 18.8 Å². The Morgan fingerprint density at radius 1 is 1.06 bits per heavy atom. The van der Waals surface area contributed by atoms with Gasteiger partial charge in [-0.25, -0.2) is 0 Å². The largest absolute Gasteiger partial charge is 0.391 e. The predicted molar refractivity (Wildman–Crippen MR) is 59.6 cm³/mol. The summed E-state index contributed by atoms with van der Waals surface area (Å²) in [5, 5.41) is 9.61. The van der Waals surface area contributed by atoms with E-state index in [2.05, 4.69) is 0 Å². The number of aliphatic hydroxyl groups excluding tert-OH is 1. The van der Waals surface area contributed by atoms with Crippen molar-refractivity contribution in [2.24, 2.45) is 0 Å². The molecular formula is C12H20O6. The van der Waals surface area contributed by atoms with Gasteiger partial charge in [0, 0.05) is 0 Å². The van der Waals surface area contributed by atoms with E-state index in [4.69, 9.17) is 23.7 Å². The molecule has 0 spiro atoms. The number of fused-ring (bicyclic) bond motifs is 3. The van der Waals surface area contributed by atoms with Crippen LogP contribution in [0.5, 0.6) is 0 Å². The third-order valence-electron chi connectivity index (χ3n) is 3.51. The van der Waals surface area contributed by atoms with Gasteiger partial charge in [-0.2, -0.15) is 0 Å². The number of rotatable bonds is 1. The van der Waals surface area contributed by atoms with Gasteiger partial charge in [0.15, 0.2) is 11.6 Å². The zero-order valence-electron chi connectivity index (χ0n) is 11.1. The third-order valence-corrected chi connectivity index (χ3v) is 3.51. The van der Waals surface area contributed by atoms with Gasteiger partial charge in [-0.05, 0) is 27.7 Å². The summed E-state index contributed by atoms with van der Waals surface area (Å²) in [5.41, 5.74) is 0. The van der Waals surface area contributed by atoms with Crippen molar-refractivity contribution in [2.45, 2.75) is 63.4 Å². The molecule has 3 aliphatic rings. The first kappa shape index (κ1) is 12.8. The molecule has 3 rings (SSSR count). The zero-order chi connectivity index (χ0) is 13.2. The SMILES string of the molecule is CC1(C)OCC2OC3(CO)OC(C)(C)OC3C2O1. The van der Waals surface area contributed by atoms with Crippen LogP contribution >= 0.6 is 0 Å². The molecule has 0 saturated carbocycles. The zero-order valence-corrected chi connectivity index (χ0v) is 11.1. The molecule has 0 bridgehead atoms. The van der Waals surface area contributed by atoms with Gasteiger partial charge in [0.2, 0.25) is 5.79 Å². The molecule has 3 aliphatic heterocycles. The van der Waals surface area contributed by atoms with Crippen molar-refractivity contribution in [3.63, 3.8) is 0 Å². The first-order chi connectivity index (χ1) is 8.27. The summed E-state index contributed by atoms with van der Waals surface area (Å²) in [7, 11) is 0. The van der Waals surface area contributed by atoms with Crippen LogP contribution in [0.15, 0.2) is 0 Å². The Morgan fingerprint density at radius 3 is 2.44 bits per heavy atom. The molecule has 1 N–H and O–H groups in total. The monoisotopic (exact) mass is 260 g/mol. The number of aliphatic hydroxyl groups is 1. The number of ether oxygens (including phenoxy) is 5. The minimum absolute atomic E-state index is 0.266. The molecule has 0 aromatic carbocycles. The average molecular weight is 260 g/mol. The van der Waals surface area contributed by atoms with E-state index >= 15 is 0 Å². The van der Waals surface area contributed by atoms with Gasteiger partial charge in [0.1, 0.15) is 24.9 Å². The molecule has 0 aliphatic carbocycles. The van der Waals surface area contributed by atoms with E-state index in [1.165, 1.54) is 0 Å². The lowest BCUT2D eigenvalue weighted by Crippen LogP contribution is -2.51. The maximum atomic E-state index is 9.61. The van der Waals surface area contributed by atoms with Crippen LogP contribution in [0.1, 0.15) is 27.7 Å². The quantitative estimate of drug-likeness (QED) is 0.735. The summed E-state index contributed by atoms with van der Waals surface area (Å²) in [6.07, 6.45) is -1.00. The van der Waals surface area contributed by atoms with Gasteiger partial charge in [0.05, 0.1) is 6.61 Å². The van der Waals surface area contributed by atoms with Gasteiger partial charge in [0.25, 0.3) is 0 Å². The van der Waals surface area contributed by atoms with E-state index in [0.717, 1.165) is 0 Å². The molecule has 104 valence electrons. The first-order valence-electron chi connectivity index (χ1n) is 6.25. The predicted octanol–water partition coefficient (Wildman–Crippen LogP) is 0.377. The van der Waals surface area contributed by atoms with Crippen LogP contribution in [0.2, 0.25) is 0 Å². The lowest BCUT2D eigenvalue weighted by atomic mass is 10.0. The van der Waals surface area contributed by atoms with Crippen molar-refractivity contribution in [1.29, 1.82) is 0 Å². The van der Waals surface area contributed by atoms with Crippen LogP contribution in [0.25, 0.3) is 0 Å². The summed E-state index contributed by atoms with van der Waals surface area (Å²) < 4.78 is 28.8. The molecule has 0 aromatic rings. The second-order valence-corrected chi connectivity index (χ2v) is 5.96. The topological polar surface area (TPSA) is 66.4 Å². The second-order valence-electron chi connectivity index (χ2n) is 5.96. The van der Waals surface area contributed by atoms with Crippen molar-refractivity contribution in [3.8, 4) is 0 Å². The second kappa shape index (κ2) is 3.65. The molecule has 0 aromatic heterocycles. The Labute approximate surface area is 106 Å². The Morgan fingerprint density at radius 2 is 1.78 bits per heavy atom. The molecule has 4 atom stereocenters. The summed E-state index contributed by atoms with van der Waals surface area (Å²) in [4.78, 5) is 0. The lowest BCUT2D eigenvalue weighted by molar-refractivity contribution is -0.330. The molecule has 0 amide bonds. The highest BCUT2D eigenvalue weighted by Gasteiger charge is 2.67. The highest BCUT2D eigenvalue weighted by molar-refractivity contribution is 5.04. The summed E-state index contributed by atoms with van der Waals surface area (Å²) in [5.74, 6) is -2.60. The Balaban J connectivity index is 1.88. The molecule has 3 fully saturated rings. The van der Waals surface area contributed by atoms with Crippen molar-refractivity contribution >= 4 is 0 Å². The van der Waals surface area contributed by atoms with Crippen LogP contribution < -0.4 is 0 Å². The van der Waals surface area contributed by atoms with Crippen LogP contribution in [0, 0.1) is 0 Å². The van der Waals surface area contributed by atoms with Crippen LogP contribution in [0.3, 0.4) is 0 Å². The fraction of sp³-hybridized carbons (Fsp3) is 1.00. The van der Waals surface area contributed by atoms with Crippen molar-refractivity contribution in [1.82, 2.24) is 0 Å². The van der Waals surface area contributed by atoms with Crippen molar-refractivity contribution in [3.05, 3.63) is 0 Å². The van der Waals surface area contributed by atoms with Crippen molar-refractivity contribution < 1.29 is 28.8 Å². The Kier molecular flexibility index (Phi) is 2.59. The molecule has 3 heterocycles. The summed E-state index contributed by atoms with van der Waals surface area (Å²) in [6, 6.07) is 0. The first-order valence-corrected chi connectivity index (χ1v) is 6.25. The molecule has 18 heavy (non-hydrogen) atoms. The van der Waals surface area contributed by atoms with Crippen LogP contribution in [-0.4, -0.2) is 54.0 Å². The van der Waals surface area contributed by atoms with Crippen molar-refractivity contribution in [2.75, 3.05) is 13.2 Å². The van der Waals surface area contributed by atoms with Crippen LogP contribution in [-0.2, 0) is 23.7 Å². The maximum absolute atomic E-state index is 9.61. The maximum Gasteiger partial charge on any atom is 0.224 e. The Hall–Kier alpha value is -0.240. The molecule has 6 heteroatoms. The smallest absolute Gasteiger partial charge is 0.224 e. The minimum Gasteiger partial charge on any atom is -0.391 e. The fourth-order valence-corrected chi connectivity index (χ4v) is 2.89. The molecule has 6 nitrogen and oxygen atoms in total. The highest BCUT2D eigenvalue weighted by atomic mass is 16.9. The van der Waals surface area contributed by atoms with E-state index in [1.807, 2.05) is 13.8 Å². The molecule has 0 radical (unpaired) electrons. The van der Waals surface area contributed by atoms with E-state index in [0.29, 0.717) is 6.61 Å². The average Bonchev–Trinajstić information content (AvgIpc) is 2.66. The van der Waals surface area contributed by atoms with E-state index < -0.39 is 23.5 Å². The van der Waals surface area contributed by atoms with Gasteiger partial charge in [-0.15, -0.1) is 0 Å². The molecular weight excluding hydrogens is 240 g/mol. The Bertz CT molecular complexity index is 354. The van der Waals surface area contributed by atoms with Gasteiger partial charge >= 0.3 is 0 Å². The van der Waals surface area contributed by atoms with Gasteiger partial charge in [-0.3, -0.25) is 0 Å². The third kappa shape index (κ3) is 1.79. The van der Waals surface area contributed by atoms with E-state index in [1.54, 1.807) is 13.8 Å². The molecule has 3 saturated heterocycles. The van der Waals surface area contributed by atoms with Crippen LogP contribution in [0.4, 0.5) is 0 Å². The fourth-order valence-electron chi connectivity index (χ4n) is 2.89. The van der Waals surface area contributed by atoms with E-state index in [9.17, 15) is 5.11 Å². The standard InChI is InChI=1S/C12H20O6/c1-10(2)14-5-7-8(16-10)9-12(6-13,15-7)18-11(3,4)17-9/h7-9,13H,5-6H2,1-4H3. The minimum atomic E-state index is -1.14. The summed E-state index contributed by atoms with van der Waals surface area (Å²) >= 11 is 0. The normalized spacial score (nSPS) is 48.8. The molecule has 4 unspecified atom stereocenters. The number of hydrogen-bond acceptors (Lipinski definition) is 6. The lowest BCUT2D eigenvalue weighted by Gasteiger charge is -2.38. The summed E-state index contributed by atoms with van der Waals surface area (Å²) in [6.45, 7) is 7.43.